The number of hydrogen-bond acceptors (Lipinski definition) is 7. The molecule has 6 N–H and O–H groups in total. The van der Waals surface area contributed by atoms with Gasteiger partial charge in [-0.05, 0) is 25.5 Å². The smallest absolute Gasteiger partial charge is 0.404 e. The maximum absolute atomic E-state index is 14.7. The van der Waals surface area contributed by atoms with Crippen molar-refractivity contribution in [2.24, 2.45) is 5.73 Å². The molecule has 2 amide bonds. The van der Waals surface area contributed by atoms with Crippen LogP contribution < -0.4 is 21.7 Å². The first-order valence-electron chi connectivity index (χ1n) is 9.86. The first-order valence-corrected chi connectivity index (χ1v) is 10.2. The molecule has 0 aromatic carbocycles. The molecule has 0 aliphatic heterocycles. The molecule has 3 heterocycles. The highest BCUT2D eigenvalue weighted by Gasteiger charge is 2.22. The minimum Gasteiger partial charge on any atom is -0.465 e. The molecule has 33 heavy (non-hydrogen) atoms. The zero-order valence-electron chi connectivity index (χ0n) is 17.7. The molecule has 11 nitrogen and oxygen atoms in total. The third-order valence-corrected chi connectivity index (χ3v) is 4.96. The second-order valence-electron chi connectivity index (χ2n) is 7.14. The lowest BCUT2D eigenvalue weighted by Crippen LogP contribution is -2.44. The monoisotopic (exact) mass is 476 g/mol. The number of amides is 2. The van der Waals surface area contributed by atoms with Gasteiger partial charge in [-0.15, -0.1) is 0 Å². The Balaban J connectivity index is 1.93. The Labute approximate surface area is 193 Å². The molecule has 2 atom stereocenters. The average molecular weight is 477 g/mol. The van der Waals surface area contributed by atoms with E-state index in [9.17, 15) is 14.0 Å². The van der Waals surface area contributed by atoms with Gasteiger partial charge in [-0.25, -0.2) is 18.9 Å². The molecule has 0 aliphatic carbocycles. The van der Waals surface area contributed by atoms with E-state index in [0.717, 1.165) is 6.07 Å². The van der Waals surface area contributed by atoms with Crippen LogP contribution in [-0.2, 0) is 0 Å². The summed E-state index contributed by atoms with van der Waals surface area (Å²) < 4.78 is 16.2. The molecule has 3 rings (SSSR count). The van der Waals surface area contributed by atoms with Gasteiger partial charge in [0.25, 0.3) is 5.91 Å². The summed E-state index contributed by atoms with van der Waals surface area (Å²) in [6.07, 6.45) is 5.36. The van der Waals surface area contributed by atoms with Gasteiger partial charge in [-0.3, -0.25) is 9.78 Å². The Morgan fingerprint density at radius 1 is 1.27 bits per heavy atom. The van der Waals surface area contributed by atoms with E-state index >= 15 is 0 Å². The Hall–Kier alpha value is -3.93. The van der Waals surface area contributed by atoms with Crippen molar-refractivity contribution >= 4 is 40.9 Å². The van der Waals surface area contributed by atoms with Gasteiger partial charge in [-0.2, -0.15) is 5.10 Å². The molecule has 0 saturated carbocycles. The highest BCUT2D eigenvalue weighted by atomic mass is 35.5. The van der Waals surface area contributed by atoms with Gasteiger partial charge in [-0.1, -0.05) is 18.5 Å². The molecule has 0 fully saturated rings. The summed E-state index contributed by atoms with van der Waals surface area (Å²) in [5, 5.41) is 21.6. The molecule has 3 aromatic heterocycles. The van der Waals surface area contributed by atoms with Crippen LogP contribution in [0, 0.1) is 5.82 Å². The molecule has 13 heteroatoms. The Kier molecular flexibility index (Phi) is 7.28. The fourth-order valence-corrected chi connectivity index (χ4v) is 3.26. The molecule has 0 spiro atoms. The van der Waals surface area contributed by atoms with Crippen molar-refractivity contribution in [1.82, 2.24) is 25.1 Å². The highest BCUT2D eigenvalue weighted by Crippen LogP contribution is 2.25. The summed E-state index contributed by atoms with van der Waals surface area (Å²) in [4.78, 5) is 31.2. The summed E-state index contributed by atoms with van der Waals surface area (Å²) in [6, 6.07) is 1.63. The number of carbonyl (C=O) groups is 2. The molecule has 0 radical (unpaired) electrons. The average Bonchev–Trinajstić information content (AvgIpc) is 3.19. The maximum Gasteiger partial charge on any atom is 0.404 e. The predicted octanol–water partition coefficient (Wildman–Crippen LogP) is 3.14. The number of anilines is 3. The molecular formula is C20H22ClFN8O3. The lowest BCUT2D eigenvalue weighted by atomic mass is 10.1. The van der Waals surface area contributed by atoms with Crippen molar-refractivity contribution in [2.45, 2.75) is 32.4 Å². The van der Waals surface area contributed by atoms with E-state index in [-0.39, 0.29) is 17.2 Å². The number of primary amides is 1. The van der Waals surface area contributed by atoms with Gasteiger partial charge in [0, 0.05) is 18.3 Å². The molecular weight excluding hydrogens is 455 g/mol. The third kappa shape index (κ3) is 5.86. The molecule has 0 aliphatic rings. The molecule has 0 bridgehead atoms. The second-order valence-corrected chi connectivity index (χ2v) is 7.57. The van der Waals surface area contributed by atoms with Crippen molar-refractivity contribution in [3.63, 3.8) is 0 Å². The Morgan fingerprint density at radius 2 is 2.03 bits per heavy atom. The number of nitrogens with two attached hydrogens (primary N) is 1. The number of nitrogens with zero attached hydrogens (tertiary/aromatic N) is 4. The van der Waals surface area contributed by atoms with Gasteiger partial charge >= 0.3 is 6.09 Å². The number of aromatic nitrogens is 4. The first-order chi connectivity index (χ1) is 15.7. The topological polar surface area (TPSA) is 160 Å². The van der Waals surface area contributed by atoms with Gasteiger partial charge in [0.15, 0.2) is 11.6 Å². The van der Waals surface area contributed by atoms with E-state index in [1.54, 1.807) is 25.4 Å². The summed E-state index contributed by atoms with van der Waals surface area (Å²) in [5.41, 5.74) is 6.25. The van der Waals surface area contributed by atoms with Crippen LogP contribution in [0.2, 0.25) is 5.02 Å². The van der Waals surface area contributed by atoms with E-state index in [1.165, 1.54) is 17.1 Å². The molecule has 0 unspecified atom stereocenters. The van der Waals surface area contributed by atoms with Crippen molar-refractivity contribution < 1.29 is 19.1 Å². The van der Waals surface area contributed by atoms with Gasteiger partial charge in [0.2, 0.25) is 0 Å². The molecule has 3 aromatic rings. The number of hydrogen-bond donors (Lipinski definition) is 5. The normalized spacial score (nSPS) is 12.6. The van der Waals surface area contributed by atoms with E-state index in [4.69, 9.17) is 22.4 Å². The fourth-order valence-electron chi connectivity index (χ4n) is 3.12. The maximum atomic E-state index is 14.7. The Morgan fingerprint density at radius 3 is 2.64 bits per heavy atom. The summed E-state index contributed by atoms with van der Waals surface area (Å²) in [6.45, 7) is 3.45. The van der Waals surface area contributed by atoms with Crippen LogP contribution in [0.1, 0.15) is 30.6 Å². The van der Waals surface area contributed by atoms with Gasteiger partial charge < -0.3 is 26.8 Å². The predicted molar refractivity (Wildman–Crippen MR) is 121 cm³/mol. The van der Waals surface area contributed by atoms with Crippen LogP contribution in [0.3, 0.4) is 0 Å². The number of carboxylic acid groups (broad SMARTS) is 1. The van der Waals surface area contributed by atoms with Crippen LogP contribution >= 0.6 is 11.6 Å². The summed E-state index contributed by atoms with van der Waals surface area (Å²) >= 11 is 5.91. The summed E-state index contributed by atoms with van der Waals surface area (Å²) in [5.74, 6) is -1.87. The molecule has 0 saturated heterocycles. The first kappa shape index (κ1) is 23.7. The zero-order valence-corrected chi connectivity index (χ0v) is 18.5. The minimum atomic E-state index is -1.20. The van der Waals surface area contributed by atoms with Crippen LogP contribution in [-0.4, -0.2) is 48.9 Å². The van der Waals surface area contributed by atoms with Crippen LogP contribution in [0.4, 0.5) is 26.5 Å². The highest BCUT2D eigenvalue weighted by molar-refractivity contribution is 6.30. The molecule has 174 valence electrons. The number of nitrogens with one attached hydrogen (secondary N) is 3. The van der Waals surface area contributed by atoms with Crippen molar-refractivity contribution in [1.29, 1.82) is 0 Å². The van der Waals surface area contributed by atoms with Crippen molar-refractivity contribution in [3.05, 3.63) is 53.3 Å². The number of carbonyl (C=O) groups excluding carboxylic acids is 1. The zero-order chi connectivity index (χ0) is 24.1. The van der Waals surface area contributed by atoms with Crippen LogP contribution in [0.25, 0.3) is 5.69 Å². The van der Waals surface area contributed by atoms with Gasteiger partial charge in [0.05, 0.1) is 40.6 Å². The SMILES string of the molecule is CC[C@@H](Nc1nc(Nc2cncc(-n3cc(Cl)cn3)c2)c(C(N)=O)cc1F)[C@H](C)NC(=O)O. The van der Waals surface area contributed by atoms with Crippen LogP contribution in [0.5, 0.6) is 0 Å². The Bertz CT molecular complexity index is 1170. The quantitative estimate of drug-likeness (QED) is 0.315. The van der Waals surface area contributed by atoms with E-state index in [2.05, 4.69) is 31.0 Å². The van der Waals surface area contributed by atoms with E-state index in [1.807, 2.05) is 6.92 Å². The fraction of sp³-hybridized carbons (Fsp3) is 0.250. The third-order valence-electron chi connectivity index (χ3n) is 4.76. The largest absolute Gasteiger partial charge is 0.465 e. The van der Waals surface area contributed by atoms with E-state index < -0.39 is 29.9 Å². The van der Waals surface area contributed by atoms with Crippen molar-refractivity contribution in [3.8, 4) is 5.69 Å². The lowest BCUT2D eigenvalue weighted by Gasteiger charge is -2.25. The number of halogens is 2. The standard InChI is InChI=1S/C20H22ClFN8O3/c1-3-16(10(2)26-20(32)33)28-19-15(22)5-14(17(23)31)18(29-19)27-12-4-13(8-24-7-12)30-9-11(21)6-25-30/h4-10,16,26H,3H2,1-2H3,(H2,23,31)(H,32,33)(H2,27,28,29)/t10-,16+/m0/s1. The van der Waals surface area contributed by atoms with Gasteiger partial charge in [0.1, 0.15) is 5.82 Å². The van der Waals surface area contributed by atoms with Crippen LogP contribution in [0.15, 0.2) is 36.9 Å². The van der Waals surface area contributed by atoms with Crippen molar-refractivity contribution in [2.75, 3.05) is 10.6 Å². The lowest BCUT2D eigenvalue weighted by molar-refractivity contribution is 0.100. The number of pyridine rings is 2. The summed E-state index contributed by atoms with van der Waals surface area (Å²) in [7, 11) is 0. The van der Waals surface area contributed by atoms with E-state index in [0.29, 0.717) is 22.8 Å². The minimum absolute atomic E-state index is 0.00227. The number of rotatable bonds is 9. The second kappa shape index (κ2) is 10.1.